The molecule has 0 radical (unpaired) electrons. The van der Waals surface area contributed by atoms with E-state index in [-0.39, 0.29) is 7.43 Å². The fraction of sp³-hybridized carbons (Fsp3) is 0.429. The van der Waals surface area contributed by atoms with Gasteiger partial charge in [-0.15, -0.1) is 28.1 Å². The number of para-hydroxylation sites is 1. The first-order chi connectivity index (χ1) is 44.9. The lowest BCUT2D eigenvalue weighted by Gasteiger charge is -1.96. The number of aromatic nitrogens is 20. The second-order valence-electron chi connectivity index (χ2n) is 25.3. The van der Waals surface area contributed by atoms with E-state index in [2.05, 4.69) is 319 Å². The van der Waals surface area contributed by atoms with Gasteiger partial charge in [-0.3, -0.25) is 0 Å². The number of aryl methyl sites for hydroxylation is 19. The quantitative estimate of drug-likeness (QED) is 0.153. The molecular formula is C77H124N20+10. The van der Waals surface area contributed by atoms with Crippen molar-refractivity contribution in [1.82, 2.24) is 47.4 Å². The summed E-state index contributed by atoms with van der Waals surface area (Å²) in [6.07, 6.45) is 16.2. The third kappa shape index (κ3) is 22.2. The molecule has 20 nitrogen and oxygen atoms in total. The molecule has 10 heterocycles. The fourth-order valence-electron chi connectivity index (χ4n) is 10.0. The van der Waals surface area contributed by atoms with Crippen LogP contribution in [0.5, 0.6) is 0 Å². The molecule has 0 N–H and O–H groups in total. The highest BCUT2D eigenvalue weighted by Crippen LogP contribution is 2.15. The van der Waals surface area contributed by atoms with E-state index in [1.54, 1.807) is 6.33 Å². The molecule has 13 rings (SSSR count). The van der Waals surface area contributed by atoms with Crippen molar-refractivity contribution in [2.45, 2.75) is 104 Å². The molecule has 0 fully saturated rings. The molecule has 0 unspecified atom stereocenters. The van der Waals surface area contributed by atoms with E-state index in [4.69, 9.17) is 0 Å². The molecule has 0 saturated carbocycles. The molecule has 522 valence electrons. The van der Waals surface area contributed by atoms with E-state index < -0.39 is 0 Å². The van der Waals surface area contributed by atoms with Crippen LogP contribution in [0.3, 0.4) is 0 Å². The predicted octanol–water partition coefficient (Wildman–Crippen LogP) is 7.02. The zero-order valence-electron chi connectivity index (χ0n) is 64.8. The summed E-state index contributed by atoms with van der Waals surface area (Å²) in [5.74, 6) is 5.95. The minimum absolute atomic E-state index is 0. The maximum atomic E-state index is 4.19. The first-order valence-electron chi connectivity index (χ1n) is 32.6. The summed E-state index contributed by atoms with van der Waals surface area (Å²) in [7, 11) is 36.7. The van der Waals surface area contributed by atoms with Crippen LogP contribution in [0.1, 0.15) is 87.4 Å². The number of hydrogen-bond acceptors (Lipinski definition) is 2. The van der Waals surface area contributed by atoms with E-state index in [1.165, 1.54) is 101 Å². The van der Waals surface area contributed by atoms with Gasteiger partial charge in [0.1, 0.15) is 43.4 Å². The van der Waals surface area contributed by atoms with Crippen LogP contribution >= 0.6 is 0 Å². The smallest absolute Gasteiger partial charge is 0.238 e. The molecule has 13 aromatic rings. The Labute approximate surface area is 581 Å². The van der Waals surface area contributed by atoms with Crippen LogP contribution in [0, 0.1) is 96.9 Å². The Balaban J connectivity index is 0.000000282. The summed E-state index contributed by atoms with van der Waals surface area (Å²) in [5.41, 5.74) is 15.7. The molecule has 3 aromatic carbocycles. The molecule has 0 saturated heterocycles. The van der Waals surface area contributed by atoms with Gasteiger partial charge in [-0.2, -0.15) is 18.7 Å². The van der Waals surface area contributed by atoms with E-state index in [1.807, 2.05) is 138 Å². The van der Waals surface area contributed by atoms with Crippen LogP contribution in [-0.2, 0) is 127 Å². The van der Waals surface area contributed by atoms with Crippen molar-refractivity contribution in [2.75, 3.05) is 0 Å². The van der Waals surface area contributed by atoms with Gasteiger partial charge in [0.15, 0.2) is 53.0 Å². The number of hydrogen-bond donors (Lipinski definition) is 0. The second-order valence-corrected chi connectivity index (χ2v) is 25.3. The third-order valence-electron chi connectivity index (χ3n) is 18.8. The van der Waals surface area contributed by atoms with Crippen LogP contribution in [0.2, 0.25) is 0 Å². The molecule has 0 amide bonds. The van der Waals surface area contributed by atoms with E-state index in [0.29, 0.717) is 0 Å². The van der Waals surface area contributed by atoms with Gasteiger partial charge in [-0.05, 0) is 88.6 Å². The number of imidazole rings is 2. The van der Waals surface area contributed by atoms with Gasteiger partial charge < -0.3 is 0 Å². The van der Waals surface area contributed by atoms with E-state index >= 15 is 0 Å². The molecular weight excluding hydrogens is 1200 g/mol. The highest BCUT2D eigenvalue weighted by atomic mass is 15.4. The van der Waals surface area contributed by atoms with Gasteiger partial charge in [0.05, 0.1) is 112 Å². The number of nitrogens with zero attached hydrogens (tertiary/aromatic N) is 20. The summed E-state index contributed by atoms with van der Waals surface area (Å²) in [5, 5.41) is 12.1. The van der Waals surface area contributed by atoms with E-state index in [9.17, 15) is 0 Å². The summed E-state index contributed by atoms with van der Waals surface area (Å²) >= 11 is 0. The van der Waals surface area contributed by atoms with Gasteiger partial charge in [0.25, 0.3) is 23.8 Å². The number of fused-ring (bicyclic) bond motifs is 3. The Morgan fingerprint density at radius 2 is 1.00 bits per heavy atom. The first-order valence-corrected chi connectivity index (χ1v) is 32.6. The van der Waals surface area contributed by atoms with Crippen molar-refractivity contribution >= 4 is 32.7 Å². The SMILES string of the molecule is C.Cc1c(C)[n+](C)c(C)n1C.Cc1c2ccccc2[n+](C)n1C.Cc1cc(C)[n+](C)n1C.Cc1cc[n+](C)cc1.Cc1cc[n+](C)n1C.Cc1ccc2c[n+](C)n(C)c2c1.Cc1ccc2ccc[n+](C)c2c1.Cc1n(C)cc[n+]1C.Cc1n(C)nc[n+]1C.Cc1nn(C)c(C)[n+]1C. The van der Waals surface area contributed by atoms with Gasteiger partial charge in [0, 0.05) is 113 Å². The van der Waals surface area contributed by atoms with Crippen LogP contribution in [-0.4, -0.2) is 47.4 Å². The summed E-state index contributed by atoms with van der Waals surface area (Å²) in [6, 6.07) is 34.1. The Kier molecular flexibility index (Phi) is 31.1. The average molecular weight is 1330 g/mol. The maximum Gasteiger partial charge on any atom is 0.274 e. The minimum atomic E-state index is 0. The lowest BCUT2D eigenvalue weighted by molar-refractivity contribution is -0.756. The molecule has 0 aliphatic heterocycles. The molecule has 0 spiro atoms. The molecule has 10 aromatic heterocycles. The largest absolute Gasteiger partial charge is 0.274 e. The zero-order valence-corrected chi connectivity index (χ0v) is 64.8. The number of pyridine rings is 2. The van der Waals surface area contributed by atoms with E-state index in [0.717, 1.165) is 11.6 Å². The minimum Gasteiger partial charge on any atom is -0.238 e. The van der Waals surface area contributed by atoms with Crippen molar-refractivity contribution in [3.63, 3.8) is 0 Å². The Morgan fingerprint density at radius 3 is 1.36 bits per heavy atom. The first kappa shape index (κ1) is 81.5. The topological polar surface area (TPSA) is 104 Å². The Morgan fingerprint density at radius 1 is 0.402 bits per heavy atom. The van der Waals surface area contributed by atoms with Crippen molar-refractivity contribution < 1.29 is 46.1 Å². The predicted molar refractivity (Wildman–Crippen MR) is 389 cm³/mol. The van der Waals surface area contributed by atoms with Crippen molar-refractivity contribution in [1.29, 1.82) is 0 Å². The normalized spacial score (nSPS) is 10.2. The van der Waals surface area contributed by atoms with Crippen LogP contribution in [0.15, 0.2) is 147 Å². The van der Waals surface area contributed by atoms with Crippen LogP contribution in [0.4, 0.5) is 0 Å². The molecule has 0 aliphatic rings. The fourth-order valence-corrected chi connectivity index (χ4v) is 10.0. The molecule has 0 atom stereocenters. The highest BCUT2D eigenvalue weighted by Gasteiger charge is 2.17. The second kappa shape index (κ2) is 37.0. The van der Waals surface area contributed by atoms with Gasteiger partial charge in [-0.25, -0.2) is 36.5 Å². The lowest BCUT2D eigenvalue weighted by Crippen LogP contribution is -2.39. The molecule has 20 heteroatoms. The van der Waals surface area contributed by atoms with Crippen LogP contribution < -0.4 is 46.1 Å². The Hall–Kier alpha value is -9.72. The molecule has 0 aliphatic carbocycles. The Bertz CT molecular complexity index is 4220. The standard InChI is InChI=1S/C11H12N.2C10H13N2.C8H15N2.C7H13N2.C7H10N.C6H12N3.2C6H11N2.C5H10N3.CH4/c1-9-5-6-10-4-3-7-12(2)11(10)8-9;1-8-4-5-9-7-11(2)12(3)10(9)6-8;1-8-9-6-4-5-7-10(9)12(3)11(8)2;1-6-7(2)10(5)8(3)9(6)4;1-6-5-7(2)9(4)8(6)3;1-7-3-5-8(2)6-4-7;1-5-7-9(4)6(2)8(5)3;1-6-7(2)4-5-8(6)3;1-6-4-5-7(2)8(6)3;1-5-7(2)4-6-8(5)3;/h3-8H,1-2H3;2*4-7H,1-3H3;1-5H3;5H,1-4H3;3-6H,1-2H3;1-4H3;2*4-5H,1-3H3;4H,1-3H3;1H4/q10*+1;. The maximum absolute atomic E-state index is 4.19. The van der Waals surface area contributed by atoms with Gasteiger partial charge in [0.2, 0.25) is 34.6 Å². The van der Waals surface area contributed by atoms with Crippen molar-refractivity contribution in [3.8, 4) is 0 Å². The zero-order chi connectivity index (χ0) is 72.3. The van der Waals surface area contributed by atoms with Crippen molar-refractivity contribution in [3.05, 3.63) is 227 Å². The number of rotatable bonds is 0. The molecule has 97 heavy (non-hydrogen) atoms. The van der Waals surface area contributed by atoms with Gasteiger partial charge >= 0.3 is 0 Å². The lowest BCUT2D eigenvalue weighted by atomic mass is 10.1. The van der Waals surface area contributed by atoms with Crippen LogP contribution in [0.25, 0.3) is 32.7 Å². The summed E-state index contributed by atoms with van der Waals surface area (Å²) in [6.45, 7) is 29.3. The average Bonchev–Trinajstić information content (AvgIpc) is 1.61. The highest BCUT2D eigenvalue weighted by molar-refractivity contribution is 5.79. The monoisotopic (exact) mass is 1330 g/mol. The van der Waals surface area contributed by atoms with Crippen molar-refractivity contribution in [2.24, 2.45) is 127 Å². The molecule has 0 bridgehead atoms. The third-order valence-corrected chi connectivity index (χ3v) is 18.8. The summed E-state index contributed by atoms with van der Waals surface area (Å²) < 4.78 is 37.4. The van der Waals surface area contributed by atoms with Gasteiger partial charge in [-0.1, -0.05) is 31.7 Å². The number of benzene rings is 3. The summed E-state index contributed by atoms with van der Waals surface area (Å²) in [4.78, 5) is 0.